The minimum atomic E-state index is -0.0537. The van der Waals surface area contributed by atoms with Crippen LogP contribution in [0.15, 0.2) is 36.5 Å². The van der Waals surface area contributed by atoms with Crippen molar-refractivity contribution in [3.63, 3.8) is 0 Å². The minimum Gasteiger partial charge on any atom is -0.355 e. The fourth-order valence-corrected chi connectivity index (χ4v) is 2.01. The number of hydrogen-bond acceptors (Lipinski definition) is 2. The smallest absolute Gasteiger partial charge is 0.251 e. The van der Waals surface area contributed by atoms with Gasteiger partial charge in [-0.1, -0.05) is 18.2 Å². The normalized spacial score (nSPS) is 10.2. The first-order valence-electron chi connectivity index (χ1n) is 5.88. The minimum absolute atomic E-state index is 0.0537. The summed E-state index contributed by atoms with van der Waals surface area (Å²) in [7, 11) is 1.64. The summed E-state index contributed by atoms with van der Waals surface area (Å²) in [4.78, 5) is 15.9. The number of pyridine rings is 1. The second-order valence-electron chi connectivity index (χ2n) is 4.25. The van der Waals surface area contributed by atoms with Crippen LogP contribution >= 0.6 is 0 Å². The molecular weight excluding hydrogens is 224 g/mol. The molecule has 0 radical (unpaired) electrons. The van der Waals surface area contributed by atoms with Crippen molar-refractivity contribution in [3.8, 4) is 11.1 Å². The molecule has 0 saturated carbocycles. The summed E-state index contributed by atoms with van der Waals surface area (Å²) in [6.45, 7) is 3.93. The van der Waals surface area contributed by atoms with Gasteiger partial charge in [-0.2, -0.15) is 0 Å². The lowest BCUT2D eigenvalue weighted by Crippen LogP contribution is -2.18. The highest BCUT2D eigenvalue weighted by Crippen LogP contribution is 2.24. The monoisotopic (exact) mass is 240 g/mol. The van der Waals surface area contributed by atoms with Crippen LogP contribution in [0.25, 0.3) is 11.1 Å². The van der Waals surface area contributed by atoms with Crippen LogP contribution in [0.2, 0.25) is 0 Å². The van der Waals surface area contributed by atoms with Gasteiger partial charge < -0.3 is 5.32 Å². The maximum absolute atomic E-state index is 11.6. The summed E-state index contributed by atoms with van der Waals surface area (Å²) in [6.07, 6.45) is 1.78. The second kappa shape index (κ2) is 5.00. The summed E-state index contributed by atoms with van der Waals surface area (Å²) >= 11 is 0. The van der Waals surface area contributed by atoms with Crippen molar-refractivity contribution in [2.24, 2.45) is 0 Å². The molecule has 1 aromatic heterocycles. The van der Waals surface area contributed by atoms with Gasteiger partial charge in [0, 0.05) is 30.1 Å². The maximum atomic E-state index is 11.6. The Balaban J connectivity index is 2.47. The lowest BCUT2D eigenvalue weighted by atomic mass is 9.99. The van der Waals surface area contributed by atoms with E-state index in [-0.39, 0.29) is 5.91 Å². The van der Waals surface area contributed by atoms with Crippen molar-refractivity contribution >= 4 is 5.91 Å². The lowest BCUT2D eigenvalue weighted by Gasteiger charge is -2.09. The van der Waals surface area contributed by atoms with Gasteiger partial charge in [0.05, 0.1) is 0 Å². The summed E-state index contributed by atoms with van der Waals surface area (Å²) in [5.41, 5.74) is 4.86. The molecule has 1 amide bonds. The first kappa shape index (κ1) is 12.3. The van der Waals surface area contributed by atoms with Gasteiger partial charge in [0.2, 0.25) is 0 Å². The summed E-state index contributed by atoms with van der Waals surface area (Å²) in [5, 5.41) is 2.64. The van der Waals surface area contributed by atoms with E-state index in [0.717, 1.165) is 22.4 Å². The van der Waals surface area contributed by atoms with E-state index in [1.54, 1.807) is 13.2 Å². The predicted molar refractivity (Wildman–Crippen MR) is 72.5 cm³/mol. The number of aryl methyl sites for hydroxylation is 2. The molecule has 0 spiro atoms. The van der Waals surface area contributed by atoms with Gasteiger partial charge in [0.15, 0.2) is 0 Å². The Morgan fingerprint density at radius 3 is 2.61 bits per heavy atom. The Kier molecular flexibility index (Phi) is 3.42. The number of carbonyl (C=O) groups excluding carboxylic acids is 1. The number of nitrogens with zero attached hydrogens (tertiary/aromatic N) is 1. The Morgan fingerprint density at radius 2 is 2.00 bits per heavy atom. The lowest BCUT2D eigenvalue weighted by molar-refractivity contribution is 0.0962. The molecule has 0 bridgehead atoms. The Hall–Kier alpha value is -2.16. The zero-order valence-corrected chi connectivity index (χ0v) is 10.8. The van der Waals surface area contributed by atoms with E-state index < -0.39 is 0 Å². The van der Waals surface area contributed by atoms with E-state index in [0.29, 0.717) is 5.56 Å². The average Bonchev–Trinajstić information content (AvgIpc) is 2.38. The standard InChI is InChI=1S/C15H16N2O/c1-10-9-12(6-7-13(10)15(18)16-3)14-5-4-8-17-11(14)2/h4-9H,1-3H3,(H,16,18). The van der Waals surface area contributed by atoms with Gasteiger partial charge in [-0.3, -0.25) is 9.78 Å². The van der Waals surface area contributed by atoms with E-state index in [9.17, 15) is 4.79 Å². The van der Waals surface area contributed by atoms with Gasteiger partial charge in [-0.25, -0.2) is 0 Å². The van der Waals surface area contributed by atoms with E-state index >= 15 is 0 Å². The first-order valence-corrected chi connectivity index (χ1v) is 5.88. The SMILES string of the molecule is CNC(=O)c1ccc(-c2cccnc2C)cc1C. The molecule has 0 aliphatic carbocycles. The number of hydrogen-bond donors (Lipinski definition) is 1. The third-order valence-electron chi connectivity index (χ3n) is 3.02. The Labute approximate surface area is 107 Å². The van der Waals surface area contributed by atoms with Crippen LogP contribution in [0.1, 0.15) is 21.6 Å². The van der Waals surface area contributed by atoms with Crippen LogP contribution in [0, 0.1) is 13.8 Å². The molecule has 2 rings (SSSR count). The molecule has 0 aliphatic rings. The number of nitrogens with one attached hydrogen (secondary N) is 1. The zero-order valence-electron chi connectivity index (χ0n) is 10.8. The van der Waals surface area contributed by atoms with E-state index in [1.807, 2.05) is 44.2 Å². The fourth-order valence-electron chi connectivity index (χ4n) is 2.01. The molecule has 0 aliphatic heterocycles. The number of benzene rings is 1. The topological polar surface area (TPSA) is 42.0 Å². The van der Waals surface area contributed by atoms with Crippen LogP contribution in [0.5, 0.6) is 0 Å². The number of rotatable bonds is 2. The van der Waals surface area contributed by atoms with E-state index in [2.05, 4.69) is 10.3 Å². The number of carbonyl (C=O) groups is 1. The van der Waals surface area contributed by atoms with Gasteiger partial charge >= 0.3 is 0 Å². The van der Waals surface area contributed by atoms with Crippen molar-refractivity contribution in [1.82, 2.24) is 10.3 Å². The molecule has 1 aromatic carbocycles. The molecule has 92 valence electrons. The molecule has 0 saturated heterocycles. The van der Waals surface area contributed by atoms with Crippen LogP contribution in [-0.2, 0) is 0 Å². The molecule has 0 atom stereocenters. The molecule has 3 nitrogen and oxygen atoms in total. The molecule has 3 heteroatoms. The highest BCUT2D eigenvalue weighted by atomic mass is 16.1. The van der Waals surface area contributed by atoms with E-state index in [1.165, 1.54) is 0 Å². The van der Waals surface area contributed by atoms with Crippen molar-refractivity contribution in [2.45, 2.75) is 13.8 Å². The van der Waals surface area contributed by atoms with Crippen LogP contribution in [0.4, 0.5) is 0 Å². The molecule has 1 heterocycles. The zero-order chi connectivity index (χ0) is 13.1. The predicted octanol–water partition coefficient (Wildman–Crippen LogP) is 2.73. The third-order valence-corrected chi connectivity index (χ3v) is 3.02. The maximum Gasteiger partial charge on any atom is 0.251 e. The van der Waals surface area contributed by atoms with Gasteiger partial charge in [0.25, 0.3) is 5.91 Å². The number of aromatic nitrogens is 1. The molecule has 18 heavy (non-hydrogen) atoms. The summed E-state index contributed by atoms with van der Waals surface area (Å²) in [6, 6.07) is 9.80. The van der Waals surface area contributed by atoms with Crippen molar-refractivity contribution in [1.29, 1.82) is 0 Å². The first-order chi connectivity index (χ1) is 8.63. The van der Waals surface area contributed by atoms with Gasteiger partial charge in [0.1, 0.15) is 0 Å². The quantitative estimate of drug-likeness (QED) is 0.877. The molecule has 0 unspecified atom stereocenters. The fraction of sp³-hybridized carbons (Fsp3) is 0.200. The Morgan fingerprint density at radius 1 is 1.22 bits per heavy atom. The molecule has 2 aromatic rings. The van der Waals surface area contributed by atoms with Gasteiger partial charge in [-0.05, 0) is 37.1 Å². The van der Waals surface area contributed by atoms with E-state index in [4.69, 9.17) is 0 Å². The Bertz CT molecular complexity index is 591. The van der Waals surface area contributed by atoms with Gasteiger partial charge in [-0.15, -0.1) is 0 Å². The summed E-state index contributed by atoms with van der Waals surface area (Å²) in [5.74, 6) is -0.0537. The molecule has 0 fully saturated rings. The van der Waals surface area contributed by atoms with Crippen LogP contribution in [-0.4, -0.2) is 17.9 Å². The third kappa shape index (κ3) is 2.25. The highest BCUT2D eigenvalue weighted by molar-refractivity contribution is 5.96. The molecular formula is C15H16N2O. The van der Waals surface area contributed by atoms with Crippen LogP contribution in [0.3, 0.4) is 0 Å². The largest absolute Gasteiger partial charge is 0.355 e. The summed E-state index contributed by atoms with van der Waals surface area (Å²) < 4.78 is 0. The van der Waals surface area contributed by atoms with Crippen LogP contribution < -0.4 is 5.32 Å². The van der Waals surface area contributed by atoms with Crippen molar-refractivity contribution in [2.75, 3.05) is 7.05 Å². The molecule has 1 N–H and O–H groups in total. The second-order valence-corrected chi connectivity index (χ2v) is 4.25. The van der Waals surface area contributed by atoms with Crippen molar-refractivity contribution in [3.05, 3.63) is 53.3 Å². The van der Waals surface area contributed by atoms with Crippen molar-refractivity contribution < 1.29 is 4.79 Å². The highest BCUT2D eigenvalue weighted by Gasteiger charge is 2.09. The average molecular weight is 240 g/mol. The number of amides is 1.